The van der Waals surface area contributed by atoms with Gasteiger partial charge in [-0.2, -0.15) is 0 Å². The van der Waals surface area contributed by atoms with E-state index < -0.39 is 11.4 Å². The van der Waals surface area contributed by atoms with Gasteiger partial charge < -0.3 is 10.1 Å². The Morgan fingerprint density at radius 2 is 1.74 bits per heavy atom. The molecule has 0 aliphatic carbocycles. The van der Waals surface area contributed by atoms with Crippen LogP contribution in [0.2, 0.25) is 0 Å². The van der Waals surface area contributed by atoms with Crippen molar-refractivity contribution in [2.75, 3.05) is 5.32 Å². The number of carbonyl (C=O) groups excluding carboxylic acids is 1. The molecule has 0 aliphatic heterocycles. The number of aryl methyl sites for hydroxylation is 1. The zero-order chi connectivity index (χ0) is 24.1. The minimum atomic E-state index is -0.469. The molecule has 2 unspecified atom stereocenters. The first-order valence-corrected chi connectivity index (χ1v) is 11.8. The molecule has 0 aliphatic rings. The second kappa shape index (κ2) is 10.5. The summed E-state index contributed by atoms with van der Waals surface area (Å²) in [5, 5.41) is 11.8. The molecule has 4 rings (SSSR count). The lowest BCUT2D eigenvalue weighted by molar-refractivity contribution is -0.115. The molecule has 174 valence electrons. The number of ether oxygens (including phenoxy) is 1. The third-order valence-corrected chi connectivity index (χ3v) is 6.14. The van der Waals surface area contributed by atoms with E-state index in [-0.39, 0.29) is 11.7 Å². The summed E-state index contributed by atoms with van der Waals surface area (Å²) in [4.78, 5) is 12.8. The van der Waals surface area contributed by atoms with E-state index in [1.54, 1.807) is 12.1 Å². The van der Waals surface area contributed by atoms with Gasteiger partial charge in [0.2, 0.25) is 5.91 Å². The number of benzene rings is 3. The highest BCUT2D eigenvalue weighted by molar-refractivity contribution is 8.00. The first-order valence-electron chi connectivity index (χ1n) is 10.9. The summed E-state index contributed by atoms with van der Waals surface area (Å²) in [6, 6.07) is 23.2. The monoisotopic (exact) mass is 476 g/mol. The van der Waals surface area contributed by atoms with Crippen molar-refractivity contribution in [1.29, 1.82) is 0 Å². The zero-order valence-corrected chi connectivity index (χ0v) is 19.9. The summed E-state index contributed by atoms with van der Waals surface area (Å²) in [6.07, 6.45) is -0.469. The molecular formula is C26H25FN4O2S. The molecule has 3 aromatic carbocycles. The van der Waals surface area contributed by atoms with Crippen molar-refractivity contribution in [3.8, 4) is 11.4 Å². The van der Waals surface area contributed by atoms with Crippen molar-refractivity contribution in [2.45, 2.75) is 37.3 Å². The maximum Gasteiger partial charge on any atom is 0.237 e. The van der Waals surface area contributed by atoms with Crippen LogP contribution in [0.15, 0.2) is 84.0 Å². The molecule has 1 N–H and O–H groups in total. The van der Waals surface area contributed by atoms with Crippen molar-refractivity contribution in [3.05, 3.63) is 96.1 Å². The van der Waals surface area contributed by atoms with Gasteiger partial charge in [-0.15, -0.1) is 10.2 Å². The molecule has 0 saturated carbocycles. The van der Waals surface area contributed by atoms with E-state index in [9.17, 15) is 9.18 Å². The van der Waals surface area contributed by atoms with Gasteiger partial charge in [0.1, 0.15) is 11.6 Å². The second-order valence-corrected chi connectivity index (χ2v) is 9.15. The van der Waals surface area contributed by atoms with Crippen LogP contribution in [0.25, 0.3) is 5.69 Å². The lowest BCUT2D eigenvalue weighted by Gasteiger charge is -2.17. The van der Waals surface area contributed by atoms with Gasteiger partial charge in [0.05, 0.1) is 5.25 Å². The normalized spacial score (nSPS) is 12.7. The number of nitrogens with one attached hydrogen (secondary N) is 1. The van der Waals surface area contributed by atoms with Crippen LogP contribution in [0.1, 0.15) is 31.3 Å². The van der Waals surface area contributed by atoms with Crippen LogP contribution in [0.5, 0.6) is 5.75 Å². The van der Waals surface area contributed by atoms with Crippen LogP contribution in [-0.2, 0) is 4.79 Å². The van der Waals surface area contributed by atoms with Gasteiger partial charge in [-0.05, 0) is 74.9 Å². The number of nitrogens with zero attached hydrogens (tertiary/aromatic N) is 3. The van der Waals surface area contributed by atoms with Crippen molar-refractivity contribution >= 4 is 23.4 Å². The molecule has 0 fully saturated rings. The summed E-state index contributed by atoms with van der Waals surface area (Å²) < 4.78 is 21.1. The number of aromatic nitrogens is 3. The lowest BCUT2D eigenvalue weighted by Crippen LogP contribution is -2.23. The number of hydrogen-bond donors (Lipinski definition) is 1. The lowest BCUT2D eigenvalue weighted by atomic mass is 10.2. The highest BCUT2D eigenvalue weighted by Gasteiger charge is 2.24. The summed E-state index contributed by atoms with van der Waals surface area (Å²) >= 11 is 1.32. The fraction of sp³-hybridized carbons (Fsp3) is 0.192. The molecule has 0 radical (unpaired) electrons. The number of hydrogen-bond acceptors (Lipinski definition) is 5. The average molecular weight is 477 g/mol. The predicted octanol–water partition coefficient (Wildman–Crippen LogP) is 5.97. The predicted molar refractivity (Wildman–Crippen MR) is 132 cm³/mol. The first-order chi connectivity index (χ1) is 16.4. The molecule has 2 atom stereocenters. The van der Waals surface area contributed by atoms with Gasteiger partial charge in [0, 0.05) is 11.4 Å². The standard InChI is InChI=1S/C26H25FN4O2S/c1-17-8-7-9-21(16-17)28-25(32)19(3)34-26-30-29-24(31(26)22-10-5-4-6-11-22)18(2)33-23-14-12-20(27)13-15-23/h4-16,18-19H,1-3H3,(H,28,32). The number of thioether (sulfide) groups is 1. The van der Waals surface area contributed by atoms with Gasteiger partial charge in [-0.3, -0.25) is 9.36 Å². The molecule has 4 aromatic rings. The third kappa shape index (κ3) is 5.63. The van der Waals surface area contributed by atoms with Crippen molar-refractivity contribution in [2.24, 2.45) is 0 Å². The fourth-order valence-electron chi connectivity index (χ4n) is 3.39. The molecule has 6 nitrogen and oxygen atoms in total. The SMILES string of the molecule is Cc1cccc(NC(=O)C(C)Sc2nnc(C(C)Oc3ccc(F)cc3)n2-c2ccccc2)c1. The van der Waals surface area contributed by atoms with E-state index in [0.29, 0.717) is 16.7 Å². The number of para-hydroxylation sites is 1. The van der Waals surface area contributed by atoms with E-state index in [0.717, 1.165) is 16.9 Å². The van der Waals surface area contributed by atoms with Crippen LogP contribution < -0.4 is 10.1 Å². The third-order valence-electron chi connectivity index (χ3n) is 5.10. The second-order valence-electron chi connectivity index (χ2n) is 7.84. The minimum absolute atomic E-state index is 0.129. The van der Waals surface area contributed by atoms with Gasteiger partial charge in [-0.1, -0.05) is 42.1 Å². The first kappa shape index (κ1) is 23.5. The van der Waals surface area contributed by atoms with Crippen LogP contribution in [0, 0.1) is 12.7 Å². The highest BCUT2D eigenvalue weighted by atomic mass is 32.2. The molecule has 1 aromatic heterocycles. The molecule has 0 bridgehead atoms. The Morgan fingerprint density at radius 1 is 1.00 bits per heavy atom. The molecule has 8 heteroatoms. The summed E-state index contributed by atoms with van der Waals surface area (Å²) in [7, 11) is 0. The van der Waals surface area contributed by atoms with Gasteiger partial charge >= 0.3 is 0 Å². The van der Waals surface area contributed by atoms with Crippen LogP contribution in [0.3, 0.4) is 0 Å². The molecular weight excluding hydrogens is 451 g/mol. The van der Waals surface area contributed by atoms with Gasteiger partial charge in [0.25, 0.3) is 0 Å². The number of amides is 1. The van der Waals surface area contributed by atoms with E-state index in [4.69, 9.17) is 4.74 Å². The Morgan fingerprint density at radius 3 is 2.44 bits per heavy atom. The number of anilines is 1. The Balaban J connectivity index is 1.57. The summed E-state index contributed by atoms with van der Waals surface area (Å²) in [5.74, 6) is 0.639. The number of rotatable bonds is 8. The van der Waals surface area contributed by atoms with Crippen molar-refractivity contribution in [3.63, 3.8) is 0 Å². The Hall–Kier alpha value is -3.65. The smallest absolute Gasteiger partial charge is 0.237 e. The summed E-state index contributed by atoms with van der Waals surface area (Å²) in [6.45, 7) is 5.67. The zero-order valence-electron chi connectivity index (χ0n) is 19.1. The number of carbonyl (C=O) groups is 1. The van der Waals surface area contributed by atoms with Gasteiger partial charge in [0.15, 0.2) is 17.1 Å². The molecule has 0 spiro atoms. The molecule has 0 saturated heterocycles. The van der Waals surface area contributed by atoms with E-state index in [1.807, 2.05) is 79.9 Å². The van der Waals surface area contributed by atoms with Crippen LogP contribution in [0.4, 0.5) is 10.1 Å². The van der Waals surface area contributed by atoms with E-state index in [2.05, 4.69) is 15.5 Å². The molecule has 34 heavy (non-hydrogen) atoms. The Kier molecular flexibility index (Phi) is 7.27. The average Bonchev–Trinajstić information content (AvgIpc) is 3.24. The Labute approximate surface area is 202 Å². The molecule has 1 amide bonds. The van der Waals surface area contributed by atoms with E-state index >= 15 is 0 Å². The van der Waals surface area contributed by atoms with Crippen LogP contribution in [-0.4, -0.2) is 25.9 Å². The largest absolute Gasteiger partial charge is 0.483 e. The molecule has 1 heterocycles. The van der Waals surface area contributed by atoms with E-state index in [1.165, 1.54) is 23.9 Å². The maximum absolute atomic E-state index is 13.3. The van der Waals surface area contributed by atoms with Crippen molar-refractivity contribution in [1.82, 2.24) is 14.8 Å². The quantitative estimate of drug-likeness (QED) is 0.317. The minimum Gasteiger partial charge on any atom is -0.483 e. The maximum atomic E-state index is 13.3. The number of halogens is 1. The fourth-order valence-corrected chi connectivity index (χ4v) is 4.26. The topological polar surface area (TPSA) is 69.0 Å². The Bertz CT molecular complexity index is 1260. The summed E-state index contributed by atoms with van der Waals surface area (Å²) in [5.41, 5.74) is 2.68. The highest BCUT2D eigenvalue weighted by Crippen LogP contribution is 2.30. The van der Waals surface area contributed by atoms with Gasteiger partial charge in [-0.25, -0.2) is 4.39 Å². The van der Waals surface area contributed by atoms with Crippen molar-refractivity contribution < 1.29 is 13.9 Å². The van der Waals surface area contributed by atoms with Crippen LogP contribution >= 0.6 is 11.8 Å².